The number of carbonyl (C=O) groups excluding carboxylic acids is 1. The average Bonchev–Trinajstić information content (AvgIpc) is 2.37. The lowest BCUT2D eigenvalue weighted by Gasteiger charge is -2.32. The lowest BCUT2D eigenvalue weighted by molar-refractivity contribution is -0.148. The maximum atomic E-state index is 12.1. The molecule has 0 saturated carbocycles. The smallest absolute Gasteiger partial charge is 0.324 e. The largest absolute Gasteiger partial charge is 0.465 e. The normalized spacial score (nSPS) is 21.8. The van der Waals surface area contributed by atoms with Gasteiger partial charge in [-0.05, 0) is 32.6 Å². The van der Waals surface area contributed by atoms with E-state index in [9.17, 15) is 13.2 Å². The summed E-state index contributed by atoms with van der Waals surface area (Å²) < 4.78 is 30.5. The lowest BCUT2D eigenvalue weighted by atomic mass is 10.1. The molecule has 0 aromatic carbocycles. The molecule has 7 heteroatoms. The lowest BCUT2D eigenvalue weighted by Crippen LogP contribution is -2.49. The number of piperidine rings is 1. The van der Waals surface area contributed by atoms with Crippen LogP contribution in [0.25, 0.3) is 0 Å². The molecule has 0 bridgehead atoms. The van der Waals surface area contributed by atoms with Crippen molar-refractivity contribution in [2.75, 3.05) is 24.8 Å². The third-order valence-electron chi connectivity index (χ3n) is 2.91. The Kier molecular flexibility index (Phi) is 6.38. The maximum absolute atomic E-state index is 12.1. The van der Waals surface area contributed by atoms with Crippen LogP contribution in [-0.4, -0.2) is 49.5 Å². The highest BCUT2D eigenvalue weighted by molar-refractivity contribution is 7.89. The topological polar surface area (TPSA) is 63.7 Å². The number of sulfonamides is 1. The molecule has 5 nitrogen and oxygen atoms in total. The molecule has 0 radical (unpaired) electrons. The summed E-state index contributed by atoms with van der Waals surface area (Å²) >= 11 is 5.52. The van der Waals surface area contributed by atoms with Crippen molar-refractivity contribution in [3.63, 3.8) is 0 Å². The Morgan fingerprint density at radius 1 is 1.44 bits per heavy atom. The van der Waals surface area contributed by atoms with Gasteiger partial charge in [0.1, 0.15) is 6.04 Å². The number of rotatable bonds is 6. The van der Waals surface area contributed by atoms with Gasteiger partial charge in [0.2, 0.25) is 10.0 Å². The molecule has 1 atom stereocenters. The first-order valence-electron chi connectivity index (χ1n) is 6.25. The number of carbonyl (C=O) groups is 1. The molecule has 1 unspecified atom stereocenters. The molecule has 0 amide bonds. The molecule has 1 aliphatic rings. The van der Waals surface area contributed by atoms with E-state index in [2.05, 4.69) is 0 Å². The summed E-state index contributed by atoms with van der Waals surface area (Å²) in [7, 11) is -3.41. The molecular formula is C11H20ClNO4S. The van der Waals surface area contributed by atoms with Crippen molar-refractivity contribution in [3.8, 4) is 0 Å². The highest BCUT2D eigenvalue weighted by Gasteiger charge is 2.37. The van der Waals surface area contributed by atoms with E-state index >= 15 is 0 Å². The summed E-state index contributed by atoms with van der Waals surface area (Å²) in [6.45, 7) is 2.38. The van der Waals surface area contributed by atoms with Crippen LogP contribution in [0.15, 0.2) is 0 Å². The molecule has 0 aromatic heterocycles. The molecule has 0 N–H and O–H groups in total. The van der Waals surface area contributed by atoms with Crippen LogP contribution in [0.2, 0.25) is 0 Å². The fraction of sp³-hybridized carbons (Fsp3) is 0.909. The number of ether oxygens (including phenoxy) is 1. The van der Waals surface area contributed by atoms with Gasteiger partial charge in [-0.15, -0.1) is 11.6 Å². The predicted molar refractivity (Wildman–Crippen MR) is 70.1 cm³/mol. The zero-order valence-electron chi connectivity index (χ0n) is 10.6. The second-order valence-corrected chi connectivity index (χ2v) is 6.65. The first-order chi connectivity index (χ1) is 8.53. The standard InChI is InChI=1S/C11H20ClNO4S/c1-2-17-11(14)10-6-3-4-8-13(10)18(15,16)9-5-7-12/h10H,2-9H2,1H3. The molecule has 1 aliphatic heterocycles. The highest BCUT2D eigenvalue weighted by Crippen LogP contribution is 2.22. The van der Waals surface area contributed by atoms with E-state index in [1.54, 1.807) is 6.92 Å². The molecule has 0 aliphatic carbocycles. The van der Waals surface area contributed by atoms with Crippen molar-refractivity contribution in [2.45, 2.75) is 38.6 Å². The van der Waals surface area contributed by atoms with Gasteiger partial charge < -0.3 is 4.74 Å². The molecule has 1 rings (SSSR count). The van der Waals surface area contributed by atoms with Gasteiger partial charge in [-0.1, -0.05) is 0 Å². The molecule has 0 spiro atoms. The Bertz CT molecular complexity index is 371. The first-order valence-corrected chi connectivity index (χ1v) is 8.39. The van der Waals surface area contributed by atoms with E-state index in [1.165, 1.54) is 4.31 Å². The number of hydrogen-bond acceptors (Lipinski definition) is 4. The van der Waals surface area contributed by atoms with E-state index < -0.39 is 22.0 Å². The summed E-state index contributed by atoms with van der Waals surface area (Å²) in [5, 5.41) is 0. The molecular weight excluding hydrogens is 278 g/mol. The predicted octanol–water partition coefficient (Wildman–Crippen LogP) is 1.36. The molecule has 106 valence electrons. The number of nitrogens with zero attached hydrogens (tertiary/aromatic N) is 1. The van der Waals surface area contributed by atoms with Crippen molar-refractivity contribution in [2.24, 2.45) is 0 Å². The minimum atomic E-state index is -3.41. The van der Waals surface area contributed by atoms with Crippen LogP contribution in [0.1, 0.15) is 32.6 Å². The highest BCUT2D eigenvalue weighted by atomic mass is 35.5. The van der Waals surface area contributed by atoms with Gasteiger partial charge in [0.15, 0.2) is 0 Å². The number of hydrogen-bond donors (Lipinski definition) is 0. The average molecular weight is 298 g/mol. The molecule has 1 fully saturated rings. The van der Waals surface area contributed by atoms with E-state index in [1.807, 2.05) is 0 Å². The maximum Gasteiger partial charge on any atom is 0.324 e. The molecule has 1 saturated heterocycles. The zero-order valence-corrected chi connectivity index (χ0v) is 12.2. The van der Waals surface area contributed by atoms with Crippen LogP contribution >= 0.6 is 11.6 Å². The third-order valence-corrected chi connectivity index (χ3v) is 5.13. The zero-order chi connectivity index (χ0) is 13.6. The number of halogens is 1. The Morgan fingerprint density at radius 2 is 2.17 bits per heavy atom. The molecule has 1 heterocycles. The van der Waals surface area contributed by atoms with Gasteiger partial charge in [-0.2, -0.15) is 4.31 Å². The first kappa shape index (κ1) is 15.7. The third kappa shape index (κ3) is 4.10. The number of esters is 1. The summed E-state index contributed by atoms with van der Waals surface area (Å²) in [4.78, 5) is 11.8. The minimum Gasteiger partial charge on any atom is -0.465 e. The van der Waals surface area contributed by atoms with Crippen molar-refractivity contribution in [3.05, 3.63) is 0 Å². The van der Waals surface area contributed by atoms with E-state index in [-0.39, 0.29) is 12.4 Å². The molecule has 0 aromatic rings. The summed E-state index contributed by atoms with van der Waals surface area (Å²) in [6, 6.07) is -0.654. The van der Waals surface area contributed by atoms with E-state index in [0.717, 1.165) is 12.8 Å². The Morgan fingerprint density at radius 3 is 2.78 bits per heavy atom. The number of alkyl halides is 1. The van der Waals surface area contributed by atoms with Crippen molar-refractivity contribution >= 4 is 27.6 Å². The van der Waals surface area contributed by atoms with Crippen molar-refractivity contribution < 1.29 is 17.9 Å². The van der Waals surface area contributed by atoms with Crippen LogP contribution in [0, 0.1) is 0 Å². The second kappa shape index (κ2) is 7.31. The summed E-state index contributed by atoms with van der Waals surface area (Å²) in [5.74, 6) is -0.143. The van der Waals surface area contributed by atoms with Crippen LogP contribution in [0.3, 0.4) is 0 Å². The van der Waals surface area contributed by atoms with Gasteiger partial charge in [0.25, 0.3) is 0 Å². The van der Waals surface area contributed by atoms with Crippen LogP contribution in [0.5, 0.6) is 0 Å². The van der Waals surface area contributed by atoms with Gasteiger partial charge >= 0.3 is 5.97 Å². The van der Waals surface area contributed by atoms with Gasteiger partial charge in [0, 0.05) is 12.4 Å². The van der Waals surface area contributed by atoms with Gasteiger partial charge in [-0.25, -0.2) is 8.42 Å². The van der Waals surface area contributed by atoms with Crippen LogP contribution in [0.4, 0.5) is 0 Å². The van der Waals surface area contributed by atoms with Crippen LogP contribution in [-0.2, 0) is 19.6 Å². The van der Waals surface area contributed by atoms with Gasteiger partial charge in [-0.3, -0.25) is 4.79 Å². The minimum absolute atomic E-state index is 0.00753. The SMILES string of the molecule is CCOC(=O)C1CCCCN1S(=O)(=O)CCCCl. The second-order valence-electron chi connectivity index (χ2n) is 4.23. The van der Waals surface area contributed by atoms with Crippen molar-refractivity contribution in [1.82, 2.24) is 4.31 Å². The fourth-order valence-electron chi connectivity index (χ4n) is 2.07. The Hall–Kier alpha value is -0.330. The Balaban J connectivity index is 2.78. The summed E-state index contributed by atoms with van der Waals surface area (Å²) in [6.07, 6.45) is 2.58. The van der Waals surface area contributed by atoms with Crippen molar-refractivity contribution in [1.29, 1.82) is 0 Å². The van der Waals surface area contributed by atoms with E-state index in [0.29, 0.717) is 25.3 Å². The Labute approximate surface area is 113 Å². The van der Waals surface area contributed by atoms with Crippen LogP contribution < -0.4 is 0 Å². The fourth-order valence-corrected chi connectivity index (χ4v) is 4.09. The van der Waals surface area contributed by atoms with Gasteiger partial charge in [0.05, 0.1) is 12.4 Å². The van der Waals surface area contributed by atoms with E-state index in [4.69, 9.17) is 16.3 Å². The monoisotopic (exact) mass is 297 g/mol. The summed E-state index contributed by atoms with van der Waals surface area (Å²) in [5.41, 5.74) is 0. The quantitative estimate of drug-likeness (QED) is 0.548. The molecule has 18 heavy (non-hydrogen) atoms.